The summed E-state index contributed by atoms with van der Waals surface area (Å²) >= 11 is 0. The third-order valence-electron chi connectivity index (χ3n) is 2.98. The van der Waals surface area contributed by atoms with Gasteiger partial charge in [0.2, 0.25) is 0 Å². The second-order valence-corrected chi connectivity index (χ2v) is 5.34. The highest BCUT2D eigenvalue weighted by Crippen LogP contribution is 2.31. The molecule has 1 aromatic rings. The van der Waals surface area contributed by atoms with Crippen molar-refractivity contribution < 1.29 is 18.3 Å². The molecule has 0 unspecified atom stereocenters. The quantitative estimate of drug-likeness (QED) is 0.876. The molecular weight excluding hydrogens is 271 g/mol. The molecule has 0 spiro atoms. The molecule has 1 rings (SSSR count). The SMILES string of the molecule is CC(C)(C#N)CCCn1cc(CCO)c(C(F)(F)F)n1. The van der Waals surface area contributed by atoms with Crippen LogP contribution in [0.3, 0.4) is 0 Å². The van der Waals surface area contributed by atoms with Crippen LogP contribution in [-0.2, 0) is 19.1 Å². The Morgan fingerprint density at radius 2 is 2.05 bits per heavy atom. The highest BCUT2D eigenvalue weighted by atomic mass is 19.4. The van der Waals surface area contributed by atoms with Crippen molar-refractivity contribution in [2.45, 2.75) is 45.8 Å². The van der Waals surface area contributed by atoms with Gasteiger partial charge in [0.25, 0.3) is 0 Å². The molecular formula is C13H18F3N3O. The van der Waals surface area contributed by atoms with Gasteiger partial charge >= 0.3 is 6.18 Å². The van der Waals surface area contributed by atoms with Crippen LogP contribution in [0.25, 0.3) is 0 Å². The van der Waals surface area contributed by atoms with E-state index < -0.39 is 17.3 Å². The standard InChI is InChI=1S/C13H18F3N3O/c1-12(2,9-17)5-3-6-19-8-10(4-7-20)11(18-19)13(14,15)16/h8,20H,3-7H2,1-2H3. The summed E-state index contributed by atoms with van der Waals surface area (Å²) in [5, 5.41) is 21.2. The molecule has 4 nitrogen and oxygen atoms in total. The Labute approximate surface area is 115 Å². The Morgan fingerprint density at radius 1 is 1.40 bits per heavy atom. The summed E-state index contributed by atoms with van der Waals surface area (Å²) < 4.78 is 39.5. The largest absolute Gasteiger partial charge is 0.435 e. The molecule has 0 aliphatic rings. The lowest BCUT2D eigenvalue weighted by Crippen LogP contribution is -2.12. The third-order valence-corrected chi connectivity index (χ3v) is 2.98. The molecule has 0 atom stereocenters. The molecule has 0 saturated heterocycles. The van der Waals surface area contributed by atoms with Crippen molar-refractivity contribution in [1.82, 2.24) is 9.78 Å². The normalized spacial score (nSPS) is 12.4. The van der Waals surface area contributed by atoms with E-state index in [0.717, 1.165) is 0 Å². The van der Waals surface area contributed by atoms with E-state index in [9.17, 15) is 13.2 Å². The van der Waals surface area contributed by atoms with Gasteiger partial charge in [-0.25, -0.2) is 0 Å². The third kappa shape index (κ3) is 4.53. The molecule has 0 aliphatic carbocycles. The molecule has 112 valence electrons. The van der Waals surface area contributed by atoms with Gasteiger partial charge in [-0.15, -0.1) is 0 Å². The molecule has 1 N–H and O–H groups in total. The summed E-state index contributed by atoms with van der Waals surface area (Å²) in [4.78, 5) is 0. The van der Waals surface area contributed by atoms with Crippen molar-refractivity contribution in [3.63, 3.8) is 0 Å². The van der Waals surface area contributed by atoms with Gasteiger partial charge in [-0.1, -0.05) is 0 Å². The van der Waals surface area contributed by atoms with Crippen LogP contribution in [0.5, 0.6) is 0 Å². The van der Waals surface area contributed by atoms with Crippen molar-refractivity contribution >= 4 is 0 Å². The van der Waals surface area contributed by atoms with Gasteiger partial charge in [0.15, 0.2) is 5.69 Å². The van der Waals surface area contributed by atoms with Crippen LogP contribution in [-0.4, -0.2) is 21.5 Å². The minimum absolute atomic E-state index is 0.000423. The number of hydrogen-bond donors (Lipinski definition) is 1. The van der Waals surface area contributed by atoms with Crippen LogP contribution in [0.15, 0.2) is 6.20 Å². The fourth-order valence-electron chi connectivity index (χ4n) is 1.86. The number of halogens is 3. The number of rotatable bonds is 6. The van der Waals surface area contributed by atoms with E-state index in [0.29, 0.717) is 19.4 Å². The lowest BCUT2D eigenvalue weighted by molar-refractivity contribution is -0.142. The number of aliphatic hydroxyl groups excluding tert-OH is 1. The highest BCUT2D eigenvalue weighted by Gasteiger charge is 2.36. The zero-order valence-corrected chi connectivity index (χ0v) is 11.5. The van der Waals surface area contributed by atoms with Crippen LogP contribution >= 0.6 is 0 Å². The molecule has 0 saturated carbocycles. The van der Waals surface area contributed by atoms with Gasteiger partial charge in [-0.05, 0) is 33.1 Å². The van der Waals surface area contributed by atoms with Crippen LogP contribution in [0.2, 0.25) is 0 Å². The van der Waals surface area contributed by atoms with E-state index in [1.54, 1.807) is 13.8 Å². The van der Waals surface area contributed by atoms with Gasteiger partial charge in [0, 0.05) is 24.9 Å². The summed E-state index contributed by atoms with van der Waals surface area (Å²) in [7, 11) is 0. The van der Waals surface area contributed by atoms with E-state index in [2.05, 4.69) is 11.2 Å². The topological polar surface area (TPSA) is 61.8 Å². The first-order valence-corrected chi connectivity index (χ1v) is 6.35. The number of nitriles is 1. The maximum atomic E-state index is 12.8. The first kappa shape index (κ1) is 16.5. The zero-order chi connectivity index (χ0) is 15.4. The number of alkyl halides is 3. The van der Waals surface area contributed by atoms with Crippen LogP contribution in [0.4, 0.5) is 13.2 Å². The number of nitrogens with zero attached hydrogens (tertiary/aromatic N) is 3. The molecule has 20 heavy (non-hydrogen) atoms. The van der Waals surface area contributed by atoms with Gasteiger partial charge in [-0.3, -0.25) is 4.68 Å². The fraction of sp³-hybridized carbons (Fsp3) is 0.692. The summed E-state index contributed by atoms with van der Waals surface area (Å²) in [6.07, 6.45) is -2.11. The maximum absolute atomic E-state index is 12.8. The van der Waals surface area contributed by atoms with E-state index in [1.807, 2.05) is 0 Å². The minimum atomic E-state index is -4.51. The average Bonchev–Trinajstić information content (AvgIpc) is 2.72. The molecule has 0 bridgehead atoms. The van der Waals surface area contributed by atoms with Crippen molar-refractivity contribution in [1.29, 1.82) is 5.26 Å². The Hall–Kier alpha value is -1.55. The Bertz CT molecular complexity index is 486. The van der Waals surface area contributed by atoms with E-state index >= 15 is 0 Å². The summed E-state index contributed by atoms with van der Waals surface area (Å²) in [6, 6.07) is 2.15. The van der Waals surface area contributed by atoms with Crippen molar-refractivity contribution in [2.24, 2.45) is 5.41 Å². The lowest BCUT2D eigenvalue weighted by atomic mass is 9.90. The molecule has 1 aromatic heterocycles. The van der Waals surface area contributed by atoms with Crippen molar-refractivity contribution in [3.05, 3.63) is 17.5 Å². The smallest absolute Gasteiger partial charge is 0.396 e. The Kier molecular flexibility index (Phi) is 5.17. The molecule has 0 aliphatic heterocycles. The summed E-state index contributed by atoms with van der Waals surface area (Å²) in [5.74, 6) is 0. The second-order valence-electron chi connectivity index (χ2n) is 5.34. The van der Waals surface area contributed by atoms with Crippen LogP contribution < -0.4 is 0 Å². The monoisotopic (exact) mass is 289 g/mol. The van der Waals surface area contributed by atoms with E-state index in [4.69, 9.17) is 10.4 Å². The lowest BCUT2D eigenvalue weighted by Gasteiger charge is -2.14. The average molecular weight is 289 g/mol. The number of aromatic nitrogens is 2. The molecule has 7 heteroatoms. The van der Waals surface area contributed by atoms with Gasteiger partial charge in [0.05, 0.1) is 11.5 Å². The predicted molar refractivity (Wildman–Crippen MR) is 66.6 cm³/mol. The Balaban J connectivity index is 2.75. The highest BCUT2D eigenvalue weighted by molar-refractivity contribution is 5.20. The van der Waals surface area contributed by atoms with Crippen LogP contribution in [0, 0.1) is 16.7 Å². The van der Waals surface area contributed by atoms with Crippen molar-refractivity contribution in [2.75, 3.05) is 6.61 Å². The molecule has 0 fully saturated rings. The summed E-state index contributed by atoms with van der Waals surface area (Å²) in [6.45, 7) is 3.54. The van der Waals surface area contributed by atoms with E-state index in [-0.39, 0.29) is 18.6 Å². The van der Waals surface area contributed by atoms with Gasteiger partial charge < -0.3 is 5.11 Å². The number of aliphatic hydroxyl groups is 1. The van der Waals surface area contributed by atoms with Gasteiger partial charge in [-0.2, -0.15) is 23.5 Å². The second kappa shape index (κ2) is 6.27. The molecule has 0 aromatic carbocycles. The predicted octanol–water partition coefficient (Wildman–Crippen LogP) is 2.77. The number of aryl methyl sites for hydroxylation is 1. The maximum Gasteiger partial charge on any atom is 0.435 e. The van der Waals surface area contributed by atoms with E-state index in [1.165, 1.54) is 10.9 Å². The Morgan fingerprint density at radius 3 is 2.55 bits per heavy atom. The van der Waals surface area contributed by atoms with Crippen LogP contribution in [0.1, 0.15) is 37.9 Å². The zero-order valence-electron chi connectivity index (χ0n) is 11.5. The molecule has 0 radical (unpaired) electrons. The first-order chi connectivity index (χ1) is 9.19. The first-order valence-electron chi connectivity index (χ1n) is 6.35. The summed E-state index contributed by atoms with van der Waals surface area (Å²) in [5.41, 5.74) is -1.43. The minimum Gasteiger partial charge on any atom is -0.396 e. The van der Waals surface area contributed by atoms with Gasteiger partial charge in [0.1, 0.15) is 0 Å². The molecule has 0 amide bonds. The van der Waals surface area contributed by atoms with Crippen molar-refractivity contribution in [3.8, 4) is 6.07 Å². The molecule has 1 heterocycles. The number of hydrogen-bond acceptors (Lipinski definition) is 3. The fourth-order valence-corrected chi connectivity index (χ4v) is 1.86.